The Kier molecular flexibility index (Phi) is 5.40. The van der Waals surface area contributed by atoms with Crippen LogP contribution in [0.25, 0.3) is 0 Å². The molecule has 2 aromatic rings. The van der Waals surface area contributed by atoms with Gasteiger partial charge in [0.15, 0.2) is 6.61 Å². The molecule has 0 aliphatic carbocycles. The van der Waals surface area contributed by atoms with E-state index in [0.717, 1.165) is 12.1 Å². The smallest absolute Gasteiger partial charge is 0.255 e. The summed E-state index contributed by atoms with van der Waals surface area (Å²) < 4.78 is 5.21. The Hall–Kier alpha value is -3.35. The van der Waals surface area contributed by atoms with Crippen LogP contribution in [0.3, 0.4) is 0 Å². The van der Waals surface area contributed by atoms with E-state index in [9.17, 15) is 14.4 Å². The quantitative estimate of drug-likeness (QED) is 0.818. The molecule has 3 rings (SSSR count). The van der Waals surface area contributed by atoms with E-state index >= 15 is 0 Å². The zero-order chi connectivity index (χ0) is 19.4. The fraction of sp³-hybridized carbons (Fsp3) is 0.250. The number of primary amides is 1. The van der Waals surface area contributed by atoms with Gasteiger partial charge in [0.2, 0.25) is 5.91 Å². The van der Waals surface area contributed by atoms with Crippen molar-refractivity contribution in [3.05, 3.63) is 54.1 Å². The normalized spacial score (nSPS) is 16.3. The molecule has 1 unspecified atom stereocenters. The standard InChI is InChI=1S/C20H21N3O4/c1-13-5-10-19(25)23(13)16-8-6-15(7-9-16)22-20(26)14-3-2-4-17(11-14)27-12-18(21)24/h2-4,6-9,11,13H,5,10,12H2,1H3,(H2,21,24)(H,22,26). The molecule has 1 heterocycles. The SMILES string of the molecule is CC1CCC(=O)N1c1ccc(NC(=O)c2cccc(OCC(N)=O)c2)cc1. The van der Waals surface area contributed by atoms with Gasteiger partial charge in [-0.05, 0) is 55.8 Å². The number of nitrogens with zero attached hydrogens (tertiary/aromatic N) is 1. The second-order valence-corrected chi connectivity index (χ2v) is 6.44. The number of anilines is 2. The average molecular weight is 367 g/mol. The highest BCUT2D eigenvalue weighted by molar-refractivity contribution is 6.04. The zero-order valence-corrected chi connectivity index (χ0v) is 15.0. The van der Waals surface area contributed by atoms with Gasteiger partial charge >= 0.3 is 0 Å². The van der Waals surface area contributed by atoms with Gasteiger partial charge in [0.1, 0.15) is 5.75 Å². The minimum absolute atomic E-state index is 0.118. The molecule has 0 bridgehead atoms. The Morgan fingerprint density at radius 1 is 1.22 bits per heavy atom. The lowest BCUT2D eigenvalue weighted by Gasteiger charge is -2.22. The van der Waals surface area contributed by atoms with E-state index in [1.165, 1.54) is 6.07 Å². The maximum atomic E-state index is 12.4. The number of carbonyl (C=O) groups is 3. The molecule has 7 nitrogen and oxygen atoms in total. The Bertz CT molecular complexity index is 864. The number of hydrogen-bond donors (Lipinski definition) is 2. The van der Waals surface area contributed by atoms with Gasteiger partial charge in [-0.25, -0.2) is 0 Å². The second-order valence-electron chi connectivity index (χ2n) is 6.44. The van der Waals surface area contributed by atoms with Crippen molar-refractivity contribution in [1.29, 1.82) is 0 Å². The van der Waals surface area contributed by atoms with E-state index in [0.29, 0.717) is 23.4 Å². The van der Waals surface area contributed by atoms with Crippen molar-refractivity contribution in [2.75, 3.05) is 16.8 Å². The summed E-state index contributed by atoms with van der Waals surface area (Å²) in [6, 6.07) is 13.8. The number of hydrogen-bond acceptors (Lipinski definition) is 4. The maximum absolute atomic E-state index is 12.4. The summed E-state index contributed by atoms with van der Waals surface area (Å²) in [5, 5.41) is 2.80. The molecule has 1 saturated heterocycles. The molecular formula is C20H21N3O4. The van der Waals surface area contributed by atoms with E-state index in [1.807, 2.05) is 19.1 Å². The van der Waals surface area contributed by atoms with Crippen LogP contribution in [-0.4, -0.2) is 30.4 Å². The first kappa shape index (κ1) is 18.4. The summed E-state index contributed by atoms with van der Waals surface area (Å²) in [6.07, 6.45) is 1.42. The Morgan fingerprint density at radius 2 is 1.96 bits per heavy atom. The number of ether oxygens (including phenoxy) is 1. The van der Waals surface area contributed by atoms with Gasteiger partial charge in [-0.2, -0.15) is 0 Å². The van der Waals surface area contributed by atoms with Crippen molar-refractivity contribution in [3.8, 4) is 5.75 Å². The van der Waals surface area contributed by atoms with E-state index in [1.54, 1.807) is 35.2 Å². The number of carbonyl (C=O) groups excluding carboxylic acids is 3. The van der Waals surface area contributed by atoms with Crippen LogP contribution in [0.4, 0.5) is 11.4 Å². The number of amides is 3. The van der Waals surface area contributed by atoms with Crippen molar-refractivity contribution in [3.63, 3.8) is 0 Å². The summed E-state index contributed by atoms with van der Waals surface area (Å²) in [5.74, 6) is -0.390. The molecule has 3 amide bonds. The van der Waals surface area contributed by atoms with Crippen molar-refractivity contribution in [2.24, 2.45) is 5.73 Å². The van der Waals surface area contributed by atoms with Crippen LogP contribution >= 0.6 is 0 Å². The highest BCUT2D eigenvalue weighted by Gasteiger charge is 2.28. The molecule has 1 fully saturated rings. The van der Waals surface area contributed by atoms with Crippen LogP contribution in [0.2, 0.25) is 0 Å². The van der Waals surface area contributed by atoms with Gasteiger partial charge in [-0.15, -0.1) is 0 Å². The fourth-order valence-corrected chi connectivity index (χ4v) is 3.02. The number of rotatable bonds is 6. The third kappa shape index (κ3) is 4.44. The van der Waals surface area contributed by atoms with E-state index < -0.39 is 5.91 Å². The molecular weight excluding hydrogens is 346 g/mol. The molecule has 3 N–H and O–H groups in total. The van der Waals surface area contributed by atoms with Gasteiger partial charge in [-0.3, -0.25) is 14.4 Å². The van der Waals surface area contributed by atoms with Crippen molar-refractivity contribution in [2.45, 2.75) is 25.8 Å². The zero-order valence-electron chi connectivity index (χ0n) is 15.0. The van der Waals surface area contributed by atoms with Crippen LogP contribution in [-0.2, 0) is 9.59 Å². The Labute approximate surface area is 157 Å². The molecule has 2 aromatic carbocycles. The summed E-state index contributed by atoms with van der Waals surface area (Å²) in [7, 11) is 0. The van der Waals surface area contributed by atoms with Crippen molar-refractivity contribution >= 4 is 29.1 Å². The molecule has 140 valence electrons. The maximum Gasteiger partial charge on any atom is 0.255 e. The lowest BCUT2D eigenvalue weighted by Crippen LogP contribution is -2.30. The van der Waals surface area contributed by atoms with Crippen molar-refractivity contribution in [1.82, 2.24) is 0 Å². The molecule has 1 aliphatic heterocycles. The highest BCUT2D eigenvalue weighted by Crippen LogP contribution is 2.27. The highest BCUT2D eigenvalue weighted by atomic mass is 16.5. The lowest BCUT2D eigenvalue weighted by atomic mass is 10.2. The Balaban J connectivity index is 1.67. The fourth-order valence-electron chi connectivity index (χ4n) is 3.02. The number of benzene rings is 2. The molecule has 27 heavy (non-hydrogen) atoms. The first-order chi connectivity index (χ1) is 12.9. The third-order valence-electron chi connectivity index (χ3n) is 4.37. The summed E-state index contributed by atoms with van der Waals surface area (Å²) in [6.45, 7) is 1.77. The van der Waals surface area contributed by atoms with Crippen LogP contribution < -0.4 is 20.7 Å². The average Bonchev–Trinajstić information content (AvgIpc) is 2.99. The van der Waals surface area contributed by atoms with Crippen LogP contribution in [0, 0.1) is 0 Å². The van der Waals surface area contributed by atoms with Gasteiger partial charge in [-0.1, -0.05) is 6.07 Å². The van der Waals surface area contributed by atoms with Crippen LogP contribution in [0.15, 0.2) is 48.5 Å². The molecule has 7 heteroatoms. The summed E-state index contributed by atoms with van der Waals surface area (Å²) in [5.41, 5.74) is 6.88. The van der Waals surface area contributed by atoms with E-state index in [4.69, 9.17) is 10.5 Å². The predicted molar refractivity (Wildman–Crippen MR) is 102 cm³/mol. The summed E-state index contributed by atoms with van der Waals surface area (Å²) >= 11 is 0. The second kappa shape index (κ2) is 7.90. The first-order valence-corrected chi connectivity index (χ1v) is 8.68. The third-order valence-corrected chi connectivity index (χ3v) is 4.37. The molecule has 0 radical (unpaired) electrons. The van der Waals surface area contributed by atoms with Crippen LogP contribution in [0.5, 0.6) is 5.75 Å². The predicted octanol–water partition coefficient (Wildman–Crippen LogP) is 2.32. The lowest BCUT2D eigenvalue weighted by molar-refractivity contribution is -0.120. The molecule has 1 atom stereocenters. The van der Waals surface area contributed by atoms with E-state index in [2.05, 4.69) is 5.32 Å². The van der Waals surface area contributed by atoms with Gasteiger partial charge in [0.25, 0.3) is 11.8 Å². The Morgan fingerprint density at radius 3 is 2.59 bits per heavy atom. The molecule has 0 saturated carbocycles. The monoisotopic (exact) mass is 367 g/mol. The van der Waals surface area contributed by atoms with E-state index in [-0.39, 0.29) is 24.5 Å². The molecule has 0 spiro atoms. The minimum atomic E-state index is -0.587. The number of nitrogens with one attached hydrogen (secondary N) is 1. The van der Waals surface area contributed by atoms with Crippen LogP contribution in [0.1, 0.15) is 30.1 Å². The minimum Gasteiger partial charge on any atom is -0.484 e. The summed E-state index contributed by atoms with van der Waals surface area (Å²) in [4.78, 5) is 37.0. The first-order valence-electron chi connectivity index (χ1n) is 8.68. The van der Waals surface area contributed by atoms with Crippen molar-refractivity contribution < 1.29 is 19.1 Å². The molecule has 1 aliphatic rings. The topological polar surface area (TPSA) is 102 Å². The van der Waals surface area contributed by atoms with Gasteiger partial charge in [0, 0.05) is 29.4 Å². The number of nitrogens with two attached hydrogens (primary N) is 1. The van der Waals surface area contributed by atoms with Gasteiger partial charge < -0.3 is 20.7 Å². The molecule has 0 aromatic heterocycles. The largest absolute Gasteiger partial charge is 0.484 e. The van der Waals surface area contributed by atoms with Gasteiger partial charge in [0.05, 0.1) is 0 Å².